The Hall–Kier alpha value is -3.13. The predicted molar refractivity (Wildman–Crippen MR) is 97.0 cm³/mol. The number of hydrogen-bond donors (Lipinski definition) is 2. The number of benzene rings is 1. The molecule has 1 aromatic heterocycles. The molecule has 2 aromatic rings. The Morgan fingerprint density at radius 2 is 1.93 bits per heavy atom. The predicted octanol–water partition coefficient (Wildman–Crippen LogP) is 2.12. The van der Waals surface area contributed by atoms with E-state index in [0.29, 0.717) is 23.6 Å². The Balaban J connectivity index is 1.79. The summed E-state index contributed by atoms with van der Waals surface area (Å²) in [6.45, 7) is 0.742. The minimum atomic E-state index is -0.465. The standard InChI is InChI=1S/C19H22N2O6/c1-25-10-11-27-18(23)8-7-17(22)21-15-5-2-4-14(12-15)19(24)20-13-16-6-3-9-26-16/h2-6,9,12H,7-8,10-11,13H2,1H3,(H,20,24)(H,21,22). The molecule has 2 amide bonds. The third-order valence-electron chi connectivity index (χ3n) is 3.52. The zero-order valence-corrected chi connectivity index (χ0v) is 15.0. The van der Waals surface area contributed by atoms with E-state index in [0.717, 1.165) is 0 Å². The second-order valence-electron chi connectivity index (χ2n) is 5.60. The van der Waals surface area contributed by atoms with Crippen LogP contribution in [0.5, 0.6) is 0 Å². The highest BCUT2D eigenvalue weighted by Crippen LogP contribution is 2.12. The first-order chi connectivity index (χ1) is 13.1. The Morgan fingerprint density at radius 3 is 2.67 bits per heavy atom. The third kappa shape index (κ3) is 7.33. The Morgan fingerprint density at radius 1 is 1.07 bits per heavy atom. The molecule has 8 nitrogen and oxygen atoms in total. The van der Waals surface area contributed by atoms with Crippen molar-refractivity contribution in [3.63, 3.8) is 0 Å². The summed E-state index contributed by atoms with van der Waals surface area (Å²) < 4.78 is 14.8. The van der Waals surface area contributed by atoms with Crippen LogP contribution in [-0.4, -0.2) is 38.1 Å². The molecule has 1 aromatic carbocycles. The summed E-state index contributed by atoms with van der Waals surface area (Å²) in [6, 6.07) is 10.0. The van der Waals surface area contributed by atoms with E-state index >= 15 is 0 Å². The van der Waals surface area contributed by atoms with Gasteiger partial charge in [0, 0.05) is 24.8 Å². The number of furan rings is 1. The molecular weight excluding hydrogens is 352 g/mol. The van der Waals surface area contributed by atoms with Gasteiger partial charge in [0.25, 0.3) is 5.91 Å². The number of carbonyl (C=O) groups excluding carboxylic acids is 3. The Kier molecular flexibility index (Phi) is 8.05. The molecule has 0 spiro atoms. The van der Waals surface area contributed by atoms with Crippen LogP contribution >= 0.6 is 0 Å². The number of carbonyl (C=O) groups is 3. The van der Waals surface area contributed by atoms with Gasteiger partial charge in [-0.3, -0.25) is 14.4 Å². The van der Waals surface area contributed by atoms with Crippen LogP contribution in [0, 0.1) is 0 Å². The van der Waals surface area contributed by atoms with Gasteiger partial charge in [-0.25, -0.2) is 0 Å². The largest absolute Gasteiger partial charge is 0.467 e. The lowest BCUT2D eigenvalue weighted by Crippen LogP contribution is -2.22. The minimum Gasteiger partial charge on any atom is -0.467 e. The smallest absolute Gasteiger partial charge is 0.306 e. The average molecular weight is 374 g/mol. The Labute approximate surface area is 156 Å². The summed E-state index contributed by atoms with van der Waals surface area (Å²) in [4.78, 5) is 35.6. The van der Waals surface area contributed by atoms with Crippen molar-refractivity contribution in [1.82, 2.24) is 5.32 Å². The maximum atomic E-state index is 12.2. The van der Waals surface area contributed by atoms with Crippen LogP contribution in [0.1, 0.15) is 29.0 Å². The fourth-order valence-corrected chi connectivity index (χ4v) is 2.17. The first-order valence-electron chi connectivity index (χ1n) is 8.43. The SMILES string of the molecule is COCCOC(=O)CCC(=O)Nc1cccc(C(=O)NCc2ccco2)c1. The number of nitrogens with one attached hydrogen (secondary N) is 2. The van der Waals surface area contributed by atoms with Crippen LogP contribution < -0.4 is 10.6 Å². The zero-order valence-electron chi connectivity index (χ0n) is 15.0. The Bertz CT molecular complexity index is 757. The molecule has 0 radical (unpaired) electrons. The monoisotopic (exact) mass is 374 g/mol. The summed E-state index contributed by atoms with van der Waals surface area (Å²) in [5, 5.41) is 5.39. The van der Waals surface area contributed by atoms with E-state index in [1.54, 1.807) is 36.4 Å². The molecule has 0 unspecified atom stereocenters. The van der Waals surface area contributed by atoms with E-state index in [1.807, 2.05) is 0 Å². The zero-order chi connectivity index (χ0) is 19.5. The quantitative estimate of drug-likeness (QED) is 0.487. The van der Waals surface area contributed by atoms with E-state index in [9.17, 15) is 14.4 Å². The number of amides is 2. The van der Waals surface area contributed by atoms with Crippen LogP contribution in [0.4, 0.5) is 5.69 Å². The second-order valence-corrected chi connectivity index (χ2v) is 5.60. The van der Waals surface area contributed by atoms with Crippen LogP contribution in [0.15, 0.2) is 47.1 Å². The van der Waals surface area contributed by atoms with E-state index in [4.69, 9.17) is 13.9 Å². The van der Waals surface area contributed by atoms with Gasteiger partial charge in [0.1, 0.15) is 12.4 Å². The van der Waals surface area contributed by atoms with Crippen molar-refractivity contribution in [2.45, 2.75) is 19.4 Å². The number of hydrogen-bond acceptors (Lipinski definition) is 6. The molecule has 27 heavy (non-hydrogen) atoms. The van der Waals surface area contributed by atoms with Crippen molar-refractivity contribution in [2.75, 3.05) is 25.6 Å². The van der Waals surface area contributed by atoms with Crippen molar-refractivity contribution >= 4 is 23.5 Å². The highest BCUT2D eigenvalue weighted by molar-refractivity contribution is 5.97. The lowest BCUT2D eigenvalue weighted by Gasteiger charge is -2.08. The van der Waals surface area contributed by atoms with Crippen LogP contribution in [-0.2, 0) is 25.6 Å². The van der Waals surface area contributed by atoms with Crippen molar-refractivity contribution in [3.8, 4) is 0 Å². The highest BCUT2D eigenvalue weighted by atomic mass is 16.6. The molecule has 8 heteroatoms. The number of ether oxygens (including phenoxy) is 2. The first-order valence-corrected chi connectivity index (χ1v) is 8.43. The molecular formula is C19H22N2O6. The molecule has 0 atom stereocenters. The molecule has 1 heterocycles. The molecule has 0 aliphatic rings. The van der Waals surface area contributed by atoms with Gasteiger partial charge in [-0.2, -0.15) is 0 Å². The van der Waals surface area contributed by atoms with Gasteiger partial charge in [0.05, 0.1) is 25.8 Å². The van der Waals surface area contributed by atoms with E-state index in [1.165, 1.54) is 13.4 Å². The lowest BCUT2D eigenvalue weighted by atomic mass is 10.2. The molecule has 0 aliphatic carbocycles. The topological polar surface area (TPSA) is 107 Å². The summed E-state index contributed by atoms with van der Waals surface area (Å²) in [5.74, 6) is -0.450. The maximum Gasteiger partial charge on any atom is 0.306 e. The molecule has 0 fully saturated rings. The summed E-state index contributed by atoms with van der Waals surface area (Å²) >= 11 is 0. The fourth-order valence-electron chi connectivity index (χ4n) is 2.17. The van der Waals surface area contributed by atoms with Crippen molar-refractivity contribution in [2.24, 2.45) is 0 Å². The van der Waals surface area contributed by atoms with Crippen LogP contribution in [0.2, 0.25) is 0 Å². The molecule has 0 saturated heterocycles. The average Bonchev–Trinajstić information content (AvgIpc) is 3.18. The fraction of sp³-hybridized carbons (Fsp3) is 0.316. The van der Waals surface area contributed by atoms with Crippen molar-refractivity contribution < 1.29 is 28.3 Å². The van der Waals surface area contributed by atoms with Gasteiger partial charge in [0.2, 0.25) is 5.91 Å². The van der Waals surface area contributed by atoms with Crippen LogP contribution in [0.3, 0.4) is 0 Å². The molecule has 0 saturated carbocycles. The maximum absolute atomic E-state index is 12.2. The molecule has 2 rings (SSSR count). The molecule has 144 valence electrons. The van der Waals surface area contributed by atoms with Crippen molar-refractivity contribution in [1.29, 1.82) is 0 Å². The van der Waals surface area contributed by atoms with Gasteiger partial charge in [-0.05, 0) is 30.3 Å². The molecule has 0 aliphatic heterocycles. The minimum absolute atomic E-state index is 0.0132. The van der Waals surface area contributed by atoms with E-state index in [2.05, 4.69) is 10.6 Å². The van der Waals surface area contributed by atoms with Crippen LogP contribution in [0.25, 0.3) is 0 Å². The van der Waals surface area contributed by atoms with Gasteiger partial charge in [0.15, 0.2) is 0 Å². The summed E-state index contributed by atoms with van der Waals surface area (Å²) in [5.41, 5.74) is 0.872. The summed E-state index contributed by atoms with van der Waals surface area (Å²) in [7, 11) is 1.51. The second kappa shape index (κ2) is 10.8. The first kappa shape index (κ1) is 20.2. The third-order valence-corrected chi connectivity index (χ3v) is 3.52. The van der Waals surface area contributed by atoms with Gasteiger partial charge < -0.3 is 24.5 Å². The van der Waals surface area contributed by atoms with Gasteiger partial charge >= 0.3 is 5.97 Å². The number of anilines is 1. The van der Waals surface area contributed by atoms with Gasteiger partial charge in [-0.1, -0.05) is 6.07 Å². The van der Waals surface area contributed by atoms with E-state index < -0.39 is 5.97 Å². The highest BCUT2D eigenvalue weighted by Gasteiger charge is 2.11. The number of rotatable bonds is 10. The normalized spacial score (nSPS) is 10.3. The van der Waals surface area contributed by atoms with Gasteiger partial charge in [-0.15, -0.1) is 0 Å². The lowest BCUT2D eigenvalue weighted by molar-refractivity contribution is -0.145. The molecule has 2 N–H and O–H groups in total. The number of methoxy groups -OCH3 is 1. The number of esters is 1. The molecule has 0 bridgehead atoms. The summed E-state index contributed by atoms with van der Waals surface area (Å²) in [6.07, 6.45) is 1.49. The van der Waals surface area contributed by atoms with E-state index in [-0.39, 0.29) is 37.8 Å². The van der Waals surface area contributed by atoms with Crippen molar-refractivity contribution in [3.05, 3.63) is 54.0 Å².